The van der Waals surface area contributed by atoms with Crippen molar-refractivity contribution in [1.82, 2.24) is 10.3 Å². The maximum atomic E-state index is 12.1. The number of anilines is 1. The second-order valence-electron chi connectivity index (χ2n) is 5.31. The summed E-state index contributed by atoms with van der Waals surface area (Å²) in [5, 5.41) is 5.51. The zero-order valence-electron chi connectivity index (χ0n) is 12.8. The van der Waals surface area contributed by atoms with Crippen molar-refractivity contribution < 1.29 is 13.9 Å². The molecule has 2 aromatic heterocycles. The van der Waals surface area contributed by atoms with Crippen molar-refractivity contribution in [2.45, 2.75) is 19.9 Å². The monoisotopic (exact) mass is 303 g/mol. The molecular weight excluding hydrogens is 282 g/mol. The number of furan rings is 1. The van der Waals surface area contributed by atoms with Gasteiger partial charge in [-0.15, -0.1) is 0 Å². The first-order valence-electron chi connectivity index (χ1n) is 7.25. The van der Waals surface area contributed by atoms with Gasteiger partial charge in [-0.3, -0.25) is 5.32 Å². The number of carbonyl (C=O) groups excluding carboxylic acids is 1. The molecule has 2 N–H and O–H groups in total. The number of urea groups is 1. The molecule has 0 saturated heterocycles. The second-order valence-corrected chi connectivity index (χ2v) is 5.31. The normalized spacial score (nSPS) is 12.1. The van der Waals surface area contributed by atoms with Gasteiger partial charge in [-0.2, -0.15) is 0 Å². The topological polar surface area (TPSA) is 76.4 Å². The quantitative estimate of drug-likeness (QED) is 0.823. The molecule has 0 aromatic carbocycles. The standard InChI is InChI=1S/C16H21N3O3/c1-12(2)10-21-11-13(14-6-5-9-22-14)18-16(20)19-15-7-3-4-8-17-15/h3-9,12-13H,10-11H2,1-2H3,(H2,17,18,19,20). The lowest BCUT2D eigenvalue weighted by Gasteiger charge is -2.18. The van der Waals surface area contributed by atoms with E-state index in [2.05, 4.69) is 29.5 Å². The van der Waals surface area contributed by atoms with E-state index in [4.69, 9.17) is 9.15 Å². The van der Waals surface area contributed by atoms with Gasteiger partial charge < -0.3 is 14.5 Å². The van der Waals surface area contributed by atoms with Crippen LogP contribution in [-0.2, 0) is 4.74 Å². The molecule has 2 rings (SSSR count). The number of carbonyl (C=O) groups is 1. The highest BCUT2D eigenvalue weighted by molar-refractivity contribution is 5.88. The van der Waals surface area contributed by atoms with Gasteiger partial charge in [0.05, 0.1) is 12.9 Å². The fraction of sp³-hybridized carbons (Fsp3) is 0.375. The molecule has 2 heterocycles. The third-order valence-electron chi connectivity index (χ3n) is 2.83. The summed E-state index contributed by atoms with van der Waals surface area (Å²) < 4.78 is 11.0. The third-order valence-corrected chi connectivity index (χ3v) is 2.83. The van der Waals surface area contributed by atoms with E-state index in [0.717, 1.165) is 0 Å². The summed E-state index contributed by atoms with van der Waals surface area (Å²) in [5.74, 6) is 1.57. The van der Waals surface area contributed by atoms with Gasteiger partial charge in [-0.1, -0.05) is 19.9 Å². The summed E-state index contributed by atoms with van der Waals surface area (Å²) in [6.45, 7) is 5.12. The predicted octanol–water partition coefficient (Wildman–Crippen LogP) is 3.21. The number of nitrogens with zero attached hydrogens (tertiary/aromatic N) is 1. The molecule has 0 aliphatic carbocycles. The van der Waals surface area contributed by atoms with Crippen molar-refractivity contribution in [2.24, 2.45) is 5.92 Å². The van der Waals surface area contributed by atoms with Crippen molar-refractivity contribution in [3.63, 3.8) is 0 Å². The Morgan fingerprint density at radius 2 is 2.14 bits per heavy atom. The van der Waals surface area contributed by atoms with Crippen LogP contribution in [0.4, 0.5) is 10.6 Å². The van der Waals surface area contributed by atoms with E-state index in [1.54, 1.807) is 36.7 Å². The van der Waals surface area contributed by atoms with Crippen LogP contribution in [-0.4, -0.2) is 24.2 Å². The number of rotatable bonds is 7. The van der Waals surface area contributed by atoms with Crippen molar-refractivity contribution in [2.75, 3.05) is 18.5 Å². The van der Waals surface area contributed by atoms with Crippen LogP contribution in [0.15, 0.2) is 47.2 Å². The molecular formula is C16H21N3O3. The third kappa shape index (κ3) is 5.21. The van der Waals surface area contributed by atoms with Crippen LogP contribution in [0.2, 0.25) is 0 Å². The minimum Gasteiger partial charge on any atom is -0.467 e. The number of hydrogen-bond acceptors (Lipinski definition) is 4. The van der Waals surface area contributed by atoms with E-state index in [9.17, 15) is 4.79 Å². The van der Waals surface area contributed by atoms with Gasteiger partial charge in [0, 0.05) is 12.8 Å². The van der Waals surface area contributed by atoms with Gasteiger partial charge in [0.25, 0.3) is 0 Å². The molecule has 22 heavy (non-hydrogen) atoms. The molecule has 0 aliphatic rings. The molecule has 1 atom stereocenters. The smallest absolute Gasteiger partial charge is 0.321 e. The maximum Gasteiger partial charge on any atom is 0.321 e. The molecule has 2 amide bonds. The summed E-state index contributed by atoms with van der Waals surface area (Å²) >= 11 is 0. The van der Waals surface area contributed by atoms with Gasteiger partial charge in [0.2, 0.25) is 0 Å². The Kier molecular flexibility index (Phi) is 5.97. The van der Waals surface area contributed by atoms with Crippen LogP contribution in [0.3, 0.4) is 0 Å². The van der Waals surface area contributed by atoms with E-state index < -0.39 is 0 Å². The largest absolute Gasteiger partial charge is 0.467 e. The van der Waals surface area contributed by atoms with E-state index in [1.165, 1.54) is 0 Å². The molecule has 6 nitrogen and oxygen atoms in total. The molecule has 118 valence electrons. The number of hydrogen-bond donors (Lipinski definition) is 2. The Hall–Kier alpha value is -2.34. The molecule has 1 unspecified atom stereocenters. The number of pyridine rings is 1. The summed E-state index contributed by atoms with van der Waals surface area (Å²) in [4.78, 5) is 16.1. The van der Waals surface area contributed by atoms with Crippen molar-refractivity contribution in [3.8, 4) is 0 Å². The summed E-state index contributed by atoms with van der Waals surface area (Å²) in [5.41, 5.74) is 0. The summed E-state index contributed by atoms with van der Waals surface area (Å²) in [7, 11) is 0. The van der Waals surface area contributed by atoms with E-state index in [1.807, 2.05) is 6.07 Å². The molecule has 2 aromatic rings. The van der Waals surface area contributed by atoms with Crippen LogP contribution in [0.25, 0.3) is 0 Å². The van der Waals surface area contributed by atoms with Crippen LogP contribution in [0.1, 0.15) is 25.6 Å². The average molecular weight is 303 g/mol. The molecule has 0 bridgehead atoms. The Morgan fingerprint density at radius 1 is 1.27 bits per heavy atom. The van der Waals surface area contributed by atoms with E-state index in [-0.39, 0.29) is 12.1 Å². The average Bonchev–Trinajstić information content (AvgIpc) is 3.01. The van der Waals surface area contributed by atoms with Crippen molar-refractivity contribution in [1.29, 1.82) is 0 Å². The molecule has 6 heteroatoms. The van der Waals surface area contributed by atoms with Crippen LogP contribution >= 0.6 is 0 Å². The first kappa shape index (κ1) is 16.0. The highest BCUT2D eigenvalue weighted by Crippen LogP contribution is 2.15. The van der Waals surface area contributed by atoms with Crippen LogP contribution in [0, 0.1) is 5.92 Å². The Labute approximate surface area is 129 Å². The van der Waals surface area contributed by atoms with Crippen molar-refractivity contribution >= 4 is 11.8 Å². The lowest BCUT2D eigenvalue weighted by Crippen LogP contribution is -2.35. The van der Waals surface area contributed by atoms with E-state index >= 15 is 0 Å². The van der Waals surface area contributed by atoms with Crippen molar-refractivity contribution in [3.05, 3.63) is 48.6 Å². The van der Waals surface area contributed by atoms with Gasteiger partial charge >= 0.3 is 6.03 Å². The second kappa shape index (κ2) is 8.19. The Morgan fingerprint density at radius 3 is 2.77 bits per heavy atom. The Balaban J connectivity index is 1.92. The fourth-order valence-electron chi connectivity index (χ4n) is 1.85. The summed E-state index contributed by atoms with van der Waals surface area (Å²) in [6.07, 6.45) is 3.19. The van der Waals surface area contributed by atoms with Gasteiger partial charge in [0.15, 0.2) is 0 Å². The zero-order chi connectivity index (χ0) is 15.8. The lowest BCUT2D eigenvalue weighted by atomic mass is 10.2. The fourth-order valence-corrected chi connectivity index (χ4v) is 1.85. The molecule has 0 fully saturated rings. The highest BCUT2D eigenvalue weighted by atomic mass is 16.5. The lowest BCUT2D eigenvalue weighted by molar-refractivity contribution is 0.0874. The molecule has 0 saturated carbocycles. The minimum atomic E-state index is -0.353. The minimum absolute atomic E-state index is 0.349. The van der Waals surface area contributed by atoms with E-state index in [0.29, 0.717) is 30.7 Å². The molecule has 0 aliphatic heterocycles. The molecule has 0 radical (unpaired) electrons. The SMILES string of the molecule is CC(C)COCC(NC(=O)Nc1ccccn1)c1ccco1. The summed E-state index contributed by atoms with van der Waals surface area (Å²) in [6, 6.07) is 8.20. The number of aromatic nitrogens is 1. The number of amides is 2. The maximum absolute atomic E-state index is 12.1. The van der Waals surface area contributed by atoms with Gasteiger partial charge in [-0.05, 0) is 30.2 Å². The van der Waals surface area contributed by atoms with Crippen LogP contribution < -0.4 is 10.6 Å². The first-order valence-corrected chi connectivity index (χ1v) is 7.25. The number of nitrogens with one attached hydrogen (secondary N) is 2. The Bertz CT molecular complexity index is 555. The first-order chi connectivity index (χ1) is 10.6. The highest BCUT2D eigenvalue weighted by Gasteiger charge is 2.18. The van der Waals surface area contributed by atoms with Gasteiger partial charge in [-0.25, -0.2) is 9.78 Å². The number of ether oxygens (including phenoxy) is 1. The molecule has 0 spiro atoms. The van der Waals surface area contributed by atoms with Gasteiger partial charge in [0.1, 0.15) is 17.6 Å². The predicted molar refractivity (Wildman–Crippen MR) is 83.5 cm³/mol. The van der Waals surface area contributed by atoms with Crippen LogP contribution in [0.5, 0.6) is 0 Å². The zero-order valence-corrected chi connectivity index (χ0v) is 12.8.